The Labute approximate surface area is 66.0 Å². The average molecular weight is 146 g/mol. The summed E-state index contributed by atoms with van der Waals surface area (Å²) in [5, 5.41) is 0. The second kappa shape index (κ2) is 2.16. The van der Waals surface area contributed by atoms with Gasteiger partial charge in [-0.25, -0.2) is 0 Å². The van der Waals surface area contributed by atoms with Crippen LogP contribution in [0, 0.1) is 0 Å². The standard InChI is InChI=1S/C9H10N2/c1-6-7(2)11-9-3-4-10-5-8(6)9/h3-6H,1-2H3. The number of aromatic nitrogens is 1. The van der Waals surface area contributed by atoms with Crippen molar-refractivity contribution in [2.45, 2.75) is 19.8 Å². The Morgan fingerprint density at radius 3 is 3.00 bits per heavy atom. The smallest absolute Gasteiger partial charge is 0.0698 e. The number of aliphatic imine (C=N–C) groups is 1. The zero-order chi connectivity index (χ0) is 7.84. The van der Waals surface area contributed by atoms with Crippen molar-refractivity contribution in [2.24, 2.45) is 4.99 Å². The quantitative estimate of drug-likeness (QED) is 0.551. The van der Waals surface area contributed by atoms with Gasteiger partial charge in [0.2, 0.25) is 0 Å². The van der Waals surface area contributed by atoms with Crippen LogP contribution in [0.1, 0.15) is 25.3 Å². The molecule has 1 unspecified atom stereocenters. The van der Waals surface area contributed by atoms with Gasteiger partial charge in [-0.2, -0.15) is 0 Å². The van der Waals surface area contributed by atoms with Crippen molar-refractivity contribution in [1.82, 2.24) is 4.98 Å². The van der Waals surface area contributed by atoms with Crippen LogP contribution in [0.4, 0.5) is 5.69 Å². The van der Waals surface area contributed by atoms with Crippen molar-refractivity contribution < 1.29 is 0 Å². The first-order valence-electron chi connectivity index (χ1n) is 3.78. The fourth-order valence-corrected chi connectivity index (χ4v) is 1.35. The summed E-state index contributed by atoms with van der Waals surface area (Å²) in [4.78, 5) is 8.48. The van der Waals surface area contributed by atoms with E-state index in [1.165, 1.54) is 11.3 Å². The van der Waals surface area contributed by atoms with E-state index in [1.807, 2.05) is 12.3 Å². The van der Waals surface area contributed by atoms with Crippen LogP contribution in [0.2, 0.25) is 0 Å². The van der Waals surface area contributed by atoms with Gasteiger partial charge in [0.25, 0.3) is 0 Å². The molecular weight excluding hydrogens is 136 g/mol. The van der Waals surface area contributed by atoms with Crippen LogP contribution >= 0.6 is 0 Å². The molecule has 11 heavy (non-hydrogen) atoms. The van der Waals surface area contributed by atoms with Gasteiger partial charge in [0, 0.05) is 29.6 Å². The van der Waals surface area contributed by atoms with E-state index in [4.69, 9.17) is 0 Å². The van der Waals surface area contributed by atoms with E-state index < -0.39 is 0 Å². The van der Waals surface area contributed by atoms with Gasteiger partial charge < -0.3 is 0 Å². The fourth-order valence-electron chi connectivity index (χ4n) is 1.35. The maximum atomic E-state index is 4.41. The van der Waals surface area contributed by atoms with Gasteiger partial charge in [0.15, 0.2) is 0 Å². The molecule has 0 saturated heterocycles. The van der Waals surface area contributed by atoms with Crippen LogP contribution in [0.15, 0.2) is 23.5 Å². The largest absolute Gasteiger partial charge is 0.264 e. The van der Waals surface area contributed by atoms with Crippen molar-refractivity contribution >= 4 is 11.4 Å². The second-order valence-corrected chi connectivity index (χ2v) is 2.91. The second-order valence-electron chi connectivity index (χ2n) is 2.91. The molecular formula is C9H10N2. The first-order chi connectivity index (χ1) is 5.29. The van der Waals surface area contributed by atoms with Crippen molar-refractivity contribution in [1.29, 1.82) is 0 Å². The van der Waals surface area contributed by atoms with Crippen LogP contribution in [0.3, 0.4) is 0 Å². The third-order valence-electron chi connectivity index (χ3n) is 2.22. The molecule has 56 valence electrons. The van der Waals surface area contributed by atoms with Crippen LogP contribution in [-0.2, 0) is 0 Å². The molecule has 2 rings (SSSR count). The topological polar surface area (TPSA) is 25.2 Å². The predicted molar refractivity (Wildman–Crippen MR) is 45.4 cm³/mol. The Morgan fingerprint density at radius 1 is 1.45 bits per heavy atom. The first kappa shape index (κ1) is 6.53. The van der Waals surface area contributed by atoms with Crippen LogP contribution in [0.25, 0.3) is 0 Å². The molecule has 1 aromatic rings. The lowest BCUT2D eigenvalue weighted by molar-refractivity contribution is 1.03. The van der Waals surface area contributed by atoms with E-state index in [1.54, 1.807) is 6.20 Å². The highest BCUT2D eigenvalue weighted by Crippen LogP contribution is 2.33. The Bertz CT molecular complexity index is 315. The highest BCUT2D eigenvalue weighted by atomic mass is 14.8. The molecule has 2 heteroatoms. The molecule has 0 radical (unpaired) electrons. The molecule has 0 saturated carbocycles. The third-order valence-corrected chi connectivity index (χ3v) is 2.22. The van der Waals surface area contributed by atoms with Gasteiger partial charge in [0.1, 0.15) is 0 Å². The van der Waals surface area contributed by atoms with Gasteiger partial charge in [0.05, 0.1) is 5.69 Å². The predicted octanol–water partition coefficient (Wildman–Crippen LogP) is 2.29. The van der Waals surface area contributed by atoms with Crippen molar-refractivity contribution in [3.05, 3.63) is 24.0 Å². The number of rotatable bonds is 0. The SMILES string of the molecule is CC1=Nc2ccncc2C1C. The molecule has 0 aliphatic carbocycles. The summed E-state index contributed by atoms with van der Waals surface area (Å²) in [6, 6.07) is 1.96. The molecule has 2 nitrogen and oxygen atoms in total. The summed E-state index contributed by atoms with van der Waals surface area (Å²) in [7, 11) is 0. The van der Waals surface area contributed by atoms with Crippen LogP contribution in [-0.4, -0.2) is 10.7 Å². The minimum atomic E-state index is 0.457. The molecule has 0 aromatic carbocycles. The highest BCUT2D eigenvalue weighted by Gasteiger charge is 2.18. The Hall–Kier alpha value is -1.18. The monoisotopic (exact) mass is 146 g/mol. The number of hydrogen-bond acceptors (Lipinski definition) is 2. The minimum Gasteiger partial charge on any atom is -0.264 e. The normalized spacial score (nSPS) is 21.3. The molecule has 0 bridgehead atoms. The van der Waals surface area contributed by atoms with Crippen molar-refractivity contribution in [3.8, 4) is 0 Å². The summed E-state index contributed by atoms with van der Waals surface area (Å²) in [6.45, 7) is 4.22. The molecule has 1 aromatic heterocycles. The first-order valence-corrected chi connectivity index (χ1v) is 3.78. The lowest BCUT2D eigenvalue weighted by Gasteiger charge is -2.01. The number of pyridine rings is 1. The molecule has 2 heterocycles. The summed E-state index contributed by atoms with van der Waals surface area (Å²) >= 11 is 0. The maximum absolute atomic E-state index is 4.41. The van der Waals surface area contributed by atoms with Gasteiger partial charge in [-0.05, 0) is 13.0 Å². The van der Waals surface area contributed by atoms with E-state index in [2.05, 4.69) is 23.8 Å². The highest BCUT2D eigenvalue weighted by molar-refractivity contribution is 5.95. The third kappa shape index (κ3) is 0.862. The lowest BCUT2D eigenvalue weighted by Crippen LogP contribution is -1.98. The molecule has 0 amide bonds. The molecule has 0 fully saturated rings. The molecule has 0 spiro atoms. The van der Waals surface area contributed by atoms with E-state index in [9.17, 15) is 0 Å². The van der Waals surface area contributed by atoms with E-state index in [0.717, 1.165) is 5.69 Å². The number of nitrogens with zero attached hydrogens (tertiary/aromatic N) is 2. The van der Waals surface area contributed by atoms with Gasteiger partial charge in [-0.15, -0.1) is 0 Å². The van der Waals surface area contributed by atoms with Gasteiger partial charge >= 0.3 is 0 Å². The summed E-state index contributed by atoms with van der Waals surface area (Å²) in [5.41, 5.74) is 3.53. The Kier molecular flexibility index (Phi) is 1.28. The Balaban J connectivity index is 2.58. The fraction of sp³-hybridized carbons (Fsp3) is 0.333. The van der Waals surface area contributed by atoms with Crippen molar-refractivity contribution in [3.63, 3.8) is 0 Å². The summed E-state index contributed by atoms with van der Waals surface area (Å²) in [6.07, 6.45) is 3.69. The molecule has 0 N–H and O–H groups in total. The van der Waals surface area contributed by atoms with Crippen LogP contribution < -0.4 is 0 Å². The molecule has 1 aliphatic heterocycles. The summed E-state index contributed by atoms with van der Waals surface area (Å²) in [5.74, 6) is 0.457. The molecule has 1 atom stereocenters. The summed E-state index contributed by atoms with van der Waals surface area (Å²) < 4.78 is 0. The minimum absolute atomic E-state index is 0.457. The van der Waals surface area contributed by atoms with E-state index in [-0.39, 0.29) is 0 Å². The van der Waals surface area contributed by atoms with E-state index in [0.29, 0.717) is 5.92 Å². The van der Waals surface area contributed by atoms with E-state index >= 15 is 0 Å². The Morgan fingerprint density at radius 2 is 2.27 bits per heavy atom. The zero-order valence-corrected chi connectivity index (χ0v) is 6.70. The zero-order valence-electron chi connectivity index (χ0n) is 6.70. The maximum Gasteiger partial charge on any atom is 0.0698 e. The van der Waals surface area contributed by atoms with Gasteiger partial charge in [-0.1, -0.05) is 6.92 Å². The lowest BCUT2D eigenvalue weighted by atomic mass is 10.0. The molecule has 1 aliphatic rings. The number of hydrogen-bond donors (Lipinski definition) is 0. The number of fused-ring (bicyclic) bond motifs is 1. The van der Waals surface area contributed by atoms with Crippen molar-refractivity contribution in [2.75, 3.05) is 0 Å². The van der Waals surface area contributed by atoms with Gasteiger partial charge in [-0.3, -0.25) is 9.98 Å². The van der Waals surface area contributed by atoms with Crippen LogP contribution in [0.5, 0.6) is 0 Å². The average Bonchev–Trinajstić information content (AvgIpc) is 2.30.